The molecule has 4 rings (SSSR count). The molecule has 1 heterocycles. The van der Waals surface area contributed by atoms with Crippen molar-refractivity contribution in [3.8, 4) is 0 Å². The molecular formula is C22H18F2N4O. The van der Waals surface area contributed by atoms with E-state index in [4.69, 9.17) is 0 Å². The number of hydrogen-bond donors (Lipinski definition) is 1. The fraction of sp³-hybridized carbons (Fsp3) is 0.136. The fourth-order valence-electron chi connectivity index (χ4n) is 3.14. The van der Waals surface area contributed by atoms with Gasteiger partial charge in [-0.2, -0.15) is 9.90 Å². The van der Waals surface area contributed by atoms with Crippen molar-refractivity contribution in [3.63, 3.8) is 0 Å². The van der Waals surface area contributed by atoms with Gasteiger partial charge in [0, 0.05) is 6.07 Å². The van der Waals surface area contributed by atoms with Crippen molar-refractivity contribution in [2.75, 3.05) is 5.32 Å². The zero-order valence-corrected chi connectivity index (χ0v) is 15.7. The maximum absolute atomic E-state index is 14.5. The van der Waals surface area contributed by atoms with Crippen LogP contribution in [0.15, 0.2) is 60.7 Å². The summed E-state index contributed by atoms with van der Waals surface area (Å²) in [6.07, 6.45) is 0.0726. The first-order valence-electron chi connectivity index (χ1n) is 9.12. The number of fused-ring (bicyclic) bond motifs is 1. The molecule has 1 amide bonds. The van der Waals surface area contributed by atoms with Gasteiger partial charge in [0.25, 0.3) is 0 Å². The second-order valence-electron chi connectivity index (χ2n) is 6.78. The number of carbonyl (C=O) groups excluding carboxylic acids is 1. The molecule has 7 heteroatoms. The third-order valence-electron chi connectivity index (χ3n) is 4.65. The molecule has 0 fully saturated rings. The molecule has 0 bridgehead atoms. The highest BCUT2D eigenvalue weighted by atomic mass is 19.1. The van der Waals surface area contributed by atoms with Gasteiger partial charge in [-0.1, -0.05) is 54.6 Å². The van der Waals surface area contributed by atoms with Crippen molar-refractivity contribution < 1.29 is 13.6 Å². The Kier molecular flexibility index (Phi) is 5.03. The predicted molar refractivity (Wildman–Crippen MR) is 107 cm³/mol. The van der Waals surface area contributed by atoms with E-state index in [-0.39, 0.29) is 23.1 Å². The Morgan fingerprint density at radius 2 is 1.66 bits per heavy atom. The number of aromatic nitrogens is 3. The smallest absolute Gasteiger partial charge is 0.228 e. The monoisotopic (exact) mass is 392 g/mol. The highest BCUT2D eigenvalue weighted by Crippen LogP contribution is 2.27. The standard InChI is InChI=1S/C22H18F2N4O/c1-14-7-5-6-10-16(14)11-19(29)25-20-17(23)12-18(24)21-22(20)27-28(26-21)13-15-8-3-2-4-9-15/h2-10,12H,11,13H2,1H3,(H,25,29). The number of nitrogens with one attached hydrogen (secondary N) is 1. The van der Waals surface area contributed by atoms with Crippen molar-refractivity contribution in [2.45, 2.75) is 19.9 Å². The number of halogens is 2. The molecule has 1 aromatic heterocycles. The maximum Gasteiger partial charge on any atom is 0.228 e. The summed E-state index contributed by atoms with van der Waals surface area (Å²) in [5, 5.41) is 10.9. The van der Waals surface area contributed by atoms with E-state index in [0.29, 0.717) is 12.6 Å². The van der Waals surface area contributed by atoms with E-state index in [1.165, 1.54) is 4.80 Å². The highest BCUT2D eigenvalue weighted by Gasteiger charge is 2.20. The van der Waals surface area contributed by atoms with Crippen LogP contribution >= 0.6 is 0 Å². The second kappa shape index (κ2) is 7.79. The lowest BCUT2D eigenvalue weighted by molar-refractivity contribution is -0.115. The molecule has 3 aromatic carbocycles. The summed E-state index contributed by atoms with van der Waals surface area (Å²) in [4.78, 5) is 13.8. The molecule has 146 valence electrons. The minimum absolute atomic E-state index is 0.0171. The van der Waals surface area contributed by atoms with Gasteiger partial charge in [-0.3, -0.25) is 4.79 Å². The van der Waals surface area contributed by atoms with Crippen LogP contribution in [0.2, 0.25) is 0 Å². The number of amides is 1. The Morgan fingerprint density at radius 3 is 2.41 bits per heavy atom. The molecular weight excluding hydrogens is 374 g/mol. The summed E-state index contributed by atoms with van der Waals surface area (Å²) < 4.78 is 28.7. The number of benzene rings is 3. The van der Waals surface area contributed by atoms with Crippen molar-refractivity contribution in [2.24, 2.45) is 0 Å². The third kappa shape index (κ3) is 3.99. The van der Waals surface area contributed by atoms with Gasteiger partial charge >= 0.3 is 0 Å². The van der Waals surface area contributed by atoms with Gasteiger partial charge in [0.05, 0.1) is 13.0 Å². The Morgan fingerprint density at radius 1 is 0.966 bits per heavy atom. The summed E-state index contributed by atoms with van der Waals surface area (Å²) in [5.74, 6) is -2.13. The number of anilines is 1. The van der Waals surface area contributed by atoms with E-state index < -0.39 is 17.5 Å². The van der Waals surface area contributed by atoms with Crippen molar-refractivity contribution in [1.29, 1.82) is 0 Å². The largest absolute Gasteiger partial charge is 0.321 e. The molecule has 0 aliphatic carbocycles. The van der Waals surface area contributed by atoms with E-state index in [0.717, 1.165) is 16.7 Å². The summed E-state index contributed by atoms with van der Waals surface area (Å²) in [7, 11) is 0. The van der Waals surface area contributed by atoms with Crippen LogP contribution in [0.1, 0.15) is 16.7 Å². The van der Waals surface area contributed by atoms with Crippen LogP contribution in [-0.4, -0.2) is 20.9 Å². The first kappa shape index (κ1) is 18.7. The zero-order chi connectivity index (χ0) is 20.4. The lowest BCUT2D eigenvalue weighted by Gasteiger charge is -2.09. The Hall–Kier alpha value is -3.61. The van der Waals surface area contributed by atoms with Gasteiger partial charge in [-0.15, -0.1) is 5.10 Å². The second-order valence-corrected chi connectivity index (χ2v) is 6.78. The van der Waals surface area contributed by atoms with E-state index in [9.17, 15) is 13.6 Å². The molecule has 0 atom stereocenters. The molecule has 0 saturated carbocycles. The van der Waals surface area contributed by atoms with E-state index in [1.54, 1.807) is 0 Å². The van der Waals surface area contributed by atoms with Crippen LogP contribution in [-0.2, 0) is 17.8 Å². The van der Waals surface area contributed by atoms with E-state index in [1.807, 2.05) is 61.5 Å². The minimum atomic E-state index is -0.889. The Balaban J connectivity index is 1.64. The summed E-state index contributed by atoms with van der Waals surface area (Å²) in [6, 6.07) is 17.6. The highest BCUT2D eigenvalue weighted by molar-refractivity contribution is 6.00. The average molecular weight is 392 g/mol. The molecule has 0 radical (unpaired) electrons. The number of nitrogens with zero attached hydrogens (tertiary/aromatic N) is 3. The SMILES string of the molecule is Cc1ccccc1CC(=O)Nc1c(F)cc(F)c2nn(Cc3ccccc3)nc12. The van der Waals surface area contributed by atoms with Gasteiger partial charge < -0.3 is 5.32 Å². The topological polar surface area (TPSA) is 59.8 Å². The van der Waals surface area contributed by atoms with Crippen LogP contribution in [0.4, 0.5) is 14.5 Å². The molecule has 0 saturated heterocycles. The van der Waals surface area contributed by atoms with Crippen LogP contribution in [0.5, 0.6) is 0 Å². The van der Waals surface area contributed by atoms with Crippen LogP contribution < -0.4 is 5.32 Å². The first-order valence-corrected chi connectivity index (χ1v) is 9.12. The predicted octanol–water partition coefficient (Wildman–Crippen LogP) is 4.25. The maximum atomic E-state index is 14.5. The normalized spacial score (nSPS) is 11.0. The fourth-order valence-corrected chi connectivity index (χ4v) is 3.14. The zero-order valence-electron chi connectivity index (χ0n) is 15.7. The molecule has 0 aliphatic rings. The number of rotatable bonds is 5. The molecule has 0 unspecified atom stereocenters. The quantitative estimate of drug-likeness (QED) is 0.552. The molecule has 5 nitrogen and oxygen atoms in total. The lowest BCUT2D eigenvalue weighted by atomic mass is 10.1. The molecule has 4 aromatic rings. The number of hydrogen-bond acceptors (Lipinski definition) is 3. The number of aryl methyl sites for hydroxylation is 1. The van der Waals surface area contributed by atoms with Crippen molar-refractivity contribution in [1.82, 2.24) is 15.0 Å². The number of carbonyl (C=O) groups is 1. The van der Waals surface area contributed by atoms with Gasteiger partial charge in [0.2, 0.25) is 5.91 Å². The third-order valence-corrected chi connectivity index (χ3v) is 4.65. The van der Waals surface area contributed by atoms with Gasteiger partial charge in [-0.25, -0.2) is 8.78 Å². The molecule has 0 spiro atoms. The minimum Gasteiger partial charge on any atom is -0.321 e. The molecule has 0 aliphatic heterocycles. The average Bonchev–Trinajstić information content (AvgIpc) is 3.12. The van der Waals surface area contributed by atoms with Gasteiger partial charge in [0.1, 0.15) is 11.2 Å². The molecule has 1 N–H and O–H groups in total. The van der Waals surface area contributed by atoms with Gasteiger partial charge in [0.15, 0.2) is 17.2 Å². The summed E-state index contributed by atoms with van der Waals surface area (Å²) in [6.45, 7) is 2.20. The van der Waals surface area contributed by atoms with Gasteiger partial charge in [-0.05, 0) is 23.6 Å². The van der Waals surface area contributed by atoms with Crippen LogP contribution in [0, 0.1) is 18.6 Å². The Bertz CT molecular complexity index is 1190. The van der Waals surface area contributed by atoms with E-state index >= 15 is 0 Å². The Labute approximate surface area is 166 Å². The summed E-state index contributed by atoms with van der Waals surface area (Å²) in [5.41, 5.74) is 2.43. The van der Waals surface area contributed by atoms with Crippen LogP contribution in [0.3, 0.4) is 0 Å². The van der Waals surface area contributed by atoms with E-state index in [2.05, 4.69) is 15.5 Å². The summed E-state index contributed by atoms with van der Waals surface area (Å²) >= 11 is 0. The molecule has 29 heavy (non-hydrogen) atoms. The van der Waals surface area contributed by atoms with Crippen molar-refractivity contribution in [3.05, 3.63) is 89.0 Å². The van der Waals surface area contributed by atoms with Crippen LogP contribution in [0.25, 0.3) is 11.0 Å². The lowest BCUT2D eigenvalue weighted by Crippen LogP contribution is -2.16. The first-order chi connectivity index (χ1) is 14.0. The van der Waals surface area contributed by atoms with Crippen molar-refractivity contribution >= 4 is 22.6 Å².